The second kappa shape index (κ2) is 2.97. The predicted octanol–water partition coefficient (Wildman–Crippen LogP) is 1.87. The average molecular weight is 164 g/mol. The molecular weight excluding hydrogens is 152 g/mol. The van der Waals surface area contributed by atoms with Gasteiger partial charge in [-0.3, -0.25) is 0 Å². The Morgan fingerprint density at radius 1 is 1.33 bits per heavy atom. The third-order valence-electron chi connectivity index (χ3n) is 1.89. The molecule has 12 heavy (non-hydrogen) atoms. The normalized spacial score (nSPS) is 11.2. The fourth-order valence-corrected chi connectivity index (χ4v) is 1.08. The van der Waals surface area contributed by atoms with Gasteiger partial charge in [-0.05, 0) is 19.9 Å². The minimum absolute atomic E-state index is 0.176. The van der Waals surface area contributed by atoms with E-state index in [1.807, 2.05) is 0 Å². The summed E-state index contributed by atoms with van der Waals surface area (Å²) in [4.78, 5) is 10.7. The molecule has 0 amide bonds. The highest BCUT2D eigenvalue weighted by Crippen LogP contribution is 2.28. The molecule has 0 bridgehead atoms. The molecule has 0 aromatic heterocycles. The first-order valence-corrected chi connectivity index (χ1v) is 3.83. The molecule has 1 rings (SSSR count). The van der Waals surface area contributed by atoms with Crippen LogP contribution >= 0.6 is 0 Å². The van der Waals surface area contributed by atoms with Gasteiger partial charge in [-0.15, -0.1) is 0 Å². The molecule has 1 aromatic carbocycles. The minimum Gasteiger partial charge on any atom is -0.508 e. The molecule has 0 saturated carbocycles. The van der Waals surface area contributed by atoms with Crippen LogP contribution in [0.5, 0.6) is 5.75 Å². The molecule has 0 aliphatic rings. The maximum Gasteiger partial charge on any atom is 0.130 e. The van der Waals surface area contributed by atoms with Gasteiger partial charge in [0, 0.05) is 11.0 Å². The molecular formula is C10H12O2. The Labute approximate surface area is 71.8 Å². The van der Waals surface area contributed by atoms with Gasteiger partial charge < -0.3 is 9.90 Å². The van der Waals surface area contributed by atoms with Crippen molar-refractivity contribution in [2.75, 3.05) is 0 Å². The van der Waals surface area contributed by atoms with Gasteiger partial charge in [0.2, 0.25) is 0 Å². The van der Waals surface area contributed by atoms with Crippen molar-refractivity contribution < 1.29 is 9.90 Å². The molecule has 2 nitrogen and oxygen atoms in total. The van der Waals surface area contributed by atoms with Crippen molar-refractivity contribution in [1.82, 2.24) is 0 Å². The number of benzene rings is 1. The molecule has 0 fully saturated rings. The number of carbonyl (C=O) groups is 1. The van der Waals surface area contributed by atoms with Crippen LogP contribution in [-0.4, -0.2) is 11.4 Å². The lowest BCUT2D eigenvalue weighted by Gasteiger charge is -2.18. The maximum atomic E-state index is 10.7. The fourth-order valence-electron chi connectivity index (χ4n) is 1.08. The van der Waals surface area contributed by atoms with Gasteiger partial charge in [-0.2, -0.15) is 0 Å². The molecule has 0 aliphatic carbocycles. The molecule has 0 aliphatic heterocycles. The van der Waals surface area contributed by atoms with Gasteiger partial charge >= 0.3 is 0 Å². The van der Waals surface area contributed by atoms with Crippen molar-refractivity contribution >= 4 is 6.29 Å². The van der Waals surface area contributed by atoms with Gasteiger partial charge in [0.15, 0.2) is 0 Å². The van der Waals surface area contributed by atoms with E-state index in [4.69, 9.17) is 0 Å². The number of hydrogen-bond donors (Lipinski definition) is 1. The van der Waals surface area contributed by atoms with Crippen molar-refractivity contribution in [3.8, 4) is 5.75 Å². The highest BCUT2D eigenvalue weighted by Gasteiger charge is 2.22. The summed E-state index contributed by atoms with van der Waals surface area (Å²) in [6.07, 6.45) is 0.835. The van der Waals surface area contributed by atoms with E-state index in [2.05, 4.69) is 0 Å². The zero-order valence-corrected chi connectivity index (χ0v) is 7.24. The number of phenols is 1. The predicted molar refractivity (Wildman–Crippen MR) is 47.2 cm³/mol. The minimum atomic E-state index is -0.606. The van der Waals surface area contributed by atoms with E-state index in [1.54, 1.807) is 38.1 Å². The van der Waals surface area contributed by atoms with Gasteiger partial charge in [-0.1, -0.05) is 18.2 Å². The standard InChI is InChI=1S/C10H12O2/c1-10(2,7-11)8-5-3-4-6-9(8)12/h3-7,12H,1-2H3. The Balaban J connectivity index is 3.19. The summed E-state index contributed by atoms with van der Waals surface area (Å²) in [6, 6.07) is 6.88. The smallest absolute Gasteiger partial charge is 0.130 e. The van der Waals surface area contributed by atoms with Gasteiger partial charge in [0.25, 0.3) is 0 Å². The first-order chi connectivity index (χ1) is 5.58. The third kappa shape index (κ3) is 1.47. The number of carbonyl (C=O) groups excluding carboxylic acids is 1. The number of aromatic hydroxyl groups is 1. The molecule has 0 spiro atoms. The van der Waals surface area contributed by atoms with Crippen LogP contribution in [0, 0.1) is 0 Å². The Kier molecular flexibility index (Phi) is 2.18. The molecule has 2 heteroatoms. The number of rotatable bonds is 2. The van der Waals surface area contributed by atoms with E-state index >= 15 is 0 Å². The summed E-state index contributed by atoms with van der Waals surface area (Å²) >= 11 is 0. The van der Waals surface area contributed by atoms with Crippen LogP contribution in [0.25, 0.3) is 0 Å². The molecule has 64 valence electrons. The molecule has 0 saturated heterocycles. The van der Waals surface area contributed by atoms with Gasteiger partial charge in [0.05, 0.1) is 0 Å². The Hall–Kier alpha value is -1.31. The molecule has 1 aromatic rings. The number of aldehydes is 1. The average Bonchev–Trinajstić information content (AvgIpc) is 2.05. The van der Waals surface area contributed by atoms with Crippen molar-refractivity contribution in [2.45, 2.75) is 19.3 Å². The zero-order chi connectivity index (χ0) is 9.19. The fraction of sp³-hybridized carbons (Fsp3) is 0.300. The van der Waals surface area contributed by atoms with Crippen LogP contribution < -0.4 is 0 Å². The van der Waals surface area contributed by atoms with E-state index in [-0.39, 0.29) is 5.75 Å². The highest BCUT2D eigenvalue weighted by molar-refractivity contribution is 5.69. The quantitative estimate of drug-likeness (QED) is 0.677. The lowest BCUT2D eigenvalue weighted by Crippen LogP contribution is -2.18. The van der Waals surface area contributed by atoms with Crippen LogP contribution in [0.4, 0.5) is 0 Å². The Morgan fingerprint density at radius 2 is 1.92 bits per heavy atom. The number of para-hydroxylation sites is 1. The zero-order valence-electron chi connectivity index (χ0n) is 7.24. The molecule has 0 radical (unpaired) electrons. The third-order valence-corrected chi connectivity index (χ3v) is 1.89. The second-order valence-electron chi connectivity index (χ2n) is 3.36. The monoisotopic (exact) mass is 164 g/mol. The van der Waals surface area contributed by atoms with E-state index in [0.717, 1.165) is 6.29 Å². The first kappa shape index (κ1) is 8.78. The lowest BCUT2D eigenvalue weighted by molar-refractivity contribution is -0.111. The van der Waals surface area contributed by atoms with Crippen molar-refractivity contribution in [1.29, 1.82) is 0 Å². The van der Waals surface area contributed by atoms with Crippen LogP contribution in [0.1, 0.15) is 19.4 Å². The van der Waals surface area contributed by atoms with Crippen LogP contribution in [-0.2, 0) is 10.2 Å². The lowest BCUT2D eigenvalue weighted by atomic mass is 9.86. The van der Waals surface area contributed by atoms with E-state index in [9.17, 15) is 9.90 Å². The maximum absolute atomic E-state index is 10.7. The molecule has 0 atom stereocenters. The summed E-state index contributed by atoms with van der Waals surface area (Å²) in [7, 11) is 0. The van der Waals surface area contributed by atoms with Crippen LogP contribution in [0.15, 0.2) is 24.3 Å². The number of phenolic OH excluding ortho intramolecular Hbond substituents is 1. The molecule has 0 unspecified atom stereocenters. The summed E-state index contributed by atoms with van der Waals surface area (Å²) in [5.74, 6) is 0.176. The van der Waals surface area contributed by atoms with E-state index in [0.29, 0.717) is 5.56 Å². The summed E-state index contributed by atoms with van der Waals surface area (Å²) in [6.45, 7) is 3.55. The molecule has 1 N–H and O–H groups in total. The van der Waals surface area contributed by atoms with E-state index in [1.165, 1.54) is 0 Å². The summed E-state index contributed by atoms with van der Waals surface area (Å²) < 4.78 is 0. The van der Waals surface area contributed by atoms with Gasteiger partial charge in [0.1, 0.15) is 12.0 Å². The van der Waals surface area contributed by atoms with Crippen molar-refractivity contribution in [3.63, 3.8) is 0 Å². The molecule has 0 heterocycles. The van der Waals surface area contributed by atoms with Gasteiger partial charge in [-0.25, -0.2) is 0 Å². The Bertz CT molecular complexity index is 290. The first-order valence-electron chi connectivity index (χ1n) is 3.83. The van der Waals surface area contributed by atoms with E-state index < -0.39 is 5.41 Å². The largest absolute Gasteiger partial charge is 0.508 e. The highest BCUT2D eigenvalue weighted by atomic mass is 16.3. The number of hydrogen-bond acceptors (Lipinski definition) is 2. The van der Waals surface area contributed by atoms with Crippen LogP contribution in [0.3, 0.4) is 0 Å². The topological polar surface area (TPSA) is 37.3 Å². The summed E-state index contributed by atoms with van der Waals surface area (Å²) in [5, 5.41) is 9.42. The van der Waals surface area contributed by atoms with Crippen molar-refractivity contribution in [2.24, 2.45) is 0 Å². The SMILES string of the molecule is CC(C)(C=O)c1ccccc1O. The summed E-state index contributed by atoms with van der Waals surface area (Å²) in [5.41, 5.74) is 0.0609. The second-order valence-corrected chi connectivity index (χ2v) is 3.36. The van der Waals surface area contributed by atoms with Crippen molar-refractivity contribution in [3.05, 3.63) is 29.8 Å². The Morgan fingerprint density at radius 3 is 2.42 bits per heavy atom. The van der Waals surface area contributed by atoms with Crippen LogP contribution in [0.2, 0.25) is 0 Å².